The smallest absolute Gasteiger partial charge is 0.314 e. The Hall–Kier alpha value is -0.440. The first-order chi connectivity index (χ1) is 3.89. The van der Waals surface area contributed by atoms with E-state index in [-0.39, 0.29) is 0 Å². The van der Waals surface area contributed by atoms with Crippen LogP contribution >= 0.6 is 12.2 Å². The fourth-order valence-electron chi connectivity index (χ4n) is 0.151. The molecular formula is C6H10O2S. The normalized spacial score (nSPS) is 11.0. The van der Waals surface area contributed by atoms with E-state index < -0.39 is 11.4 Å². The van der Waals surface area contributed by atoms with Crippen LogP contribution in [-0.2, 0) is 4.79 Å². The second-order valence-electron chi connectivity index (χ2n) is 2.49. The summed E-state index contributed by atoms with van der Waals surface area (Å²) in [7, 11) is 0. The van der Waals surface area contributed by atoms with Crippen molar-refractivity contribution >= 4 is 23.1 Å². The van der Waals surface area contributed by atoms with Gasteiger partial charge in [-0.25, -0.2) is 0 Å². The Kier molecular flexibility index (Phi) is 2.32. The van der Waals surface area contributed by atoms with Crippen LogP contribution < -0.4 is 0 Å². The average molecular weight is 146 g/mol. The summed E-state index contributed by atoms with van der Waals surface area (Å²) in [6.45, 7) is 4.83. The Morgan fingerprint density at radius 3 is 1.89 bits per heavy atom. The van der Waals surface area contributed by atoms with Gasteiger partial charge in [-0.15, -0.1) is 0 Å². The van der Waals surface area contributed by atoms with Gasteiger partial charge in [-0.2, -0.15) is 0 Å². The molecule has 0 aliphatic rings. The van der Waals surface area contributed by atoms with Gasteiger partial charge in [0, 0.05) is 4.86 Å². The lowest BCUT2D eigenvalue weighted by atomic mass is 9.90. The van der Waals surface area contributed by atoms with E-state index in [4.69, 9.17) is 17.3 Å². The summed E-state index contributed by atoms with van der Waals surface area (Å²) in [5.41, 5.74) is -0.852. The van der Waals surface area contributed by atoms with Crippen LogP contribution in [0.5, 0.6) is 0 Å². The van der Waals surface area contributed by atoms with E-state index in [1.54, 1.807) is 20.8 Å². The van der Waals surface area contributed by atoms with E-state index in [1.165, 1.54) is 0 Å². The molecule has 0 aliphatic heterocycles. The standard InChI is InChI=1S/C6H10O2S/c1-4(9)6(2,3)5(7)8/h1-3H3,(H,7,8). The molecule has 0 amide bonds. The number of carboxylic acids is 1. The molecule has 0 saturated heterocycles. The van der Waals surface area contributed by atoms with Gasteiger partial charge in [-0.1, -0.05) is 12.2 Å². The third-order valence-corrected chi connectivity index (χ3v) is 1.93. The number of carboxylic acid groups (broad SMARTS) is 1. The second kappa shape index (κ2) is 2.43. The number of thiocarbonyl (C=S) groups is 1. The van der Waals surface area contributed by atoms with Crippen LogP contribution in [0.15, 0.2) is 0 Å². The highest BCUT2D eigenvalue weighted by atomic mass is 32.1. The Morgan fingerprint density at radius 2 is 1.89 bits per heavy atom. The number of hydrogen-bond donors (Lipinski definition) is 1. The molecule has 9 heavy (non-hydrogen) atoms. The SMILES string of the molecule is CC(=S)C(C)(C)C(=O)O. The van der Waals surface area contributed by atoms with Gasteiger partial charge in [0.2, 0.25) is 0 Å². The molecule has 0 heterocycles. The molecule has 2 nitrogen and oxygen atoms in total. The molecule has 0 aromatic heterocycles. The van der Waals surface area contributed by atoms with Crippen LogP contribution in [0.3, 0.4) is 0 Å². The molecule has 52 valence electrons. The van der Waals surface area contributed by atoms with E-state index in [1.807, 2.05) is 0 Å². The quantitative estimate of drug-likeness (QED) is 0.600. The van der Waals surface area contributed by atoms with Crippen LogP contribution in [-0.4, -0.2) is 15.9 Å². The zero-order valence-corrected chi connectivity index (χ0v) is 6.58. The molecule has 0 rings (SSSR count). The number of carbonyl (C=O) groups is 1. The van der Waals surface area contributed by atoms with Crippen LogP contribution in [0.4, 0.5) is 0 Å². The monoisotopic (exact) mass is 146 g/mol. The van der Waals surface area contributed by atoms with Crippen molar-refractivity contribution in [2.75, 3.05) is 0 Å². The molecule has 0 bridgehead atoms. The fraction of sp³-hybridized carbons (Fsp3) is 0.667. The molecule has 0 aromatic carbocycles. The van der Waals surface area contributed by atoms with Crippen molar-refractivity contribution in [1.29, 1.82) is 0 Å². The third-order valence-electron chi connectivity index (χ3n) is 1.41. The van der Waals surface area contributed by atoms with Gasteiger partial charge >= 0.3 is 5.97 Å². The van der Waals surface area contributed by atoms with Gasteiger partial charge in [0.15, 0.2) is 0 Å². The van der Waals surface area contributed by atoms with Gasteiger partial charge in [0.25, 0.3) is 0 Å². The third kappa shape index (κ3) is 1.75. The average Bonchev–Trinajstić information content (AvgIpc) is 1.65. The summed E-state index contributed by atoms with van der Waals surface area (Å²) in [4.78, 5) is 10.9. The predicted octanol–water partition coefficient (Wildman–Crippen LogP) is 1.49. The Morgan fingerprint density at radius 1 is 1.56 bits per heavy atom. The van der Waals surface area contributed by atoms with Gasteiger partial charge in [-0.05, 0) is 20.8 Å². The van der Waals surface area contributed by atoms with Crippen LogP contribution in [0.25, 0.3) is 0 Å². The summed E-state index contributed by atoms with van der Waals surface area (Å²) >= 11 is 4.73. The summed E-state index contributed by atoms with van der Waals surface area (Å²) in [6.07, 6.45) is 0. The van der Waals surface area contributed by atoms with E-state index in [2.05, 4.69) is 0 Å². The molecule has 0 unspecified atom stereocenters. The van der Waals surface area contributed by atoms with E-state index >= 15 is 0 Å². The molecule has 0 spiro atoms. The van der Waals surface area contributed by atoms with E-state index in [0.717, 1.165) is 0 Å². The van der Waals surface area contributed by atoms with Crippen molar-refractivity contribution in [2.45, 2.75) is 20.8 Å². The van der Waals surface area contributed by atoms with Gasteiger partial charge in [0.05, 0.1) is 5.41 Å². The fourth-order valence-corrected chi connectivity index (χ4v) is 0.238. The largest absolute Gasteiger partial charge is 0.481 e. The van der Waals surface area contributed by atoms with Crippen LogP contribution in [0, 0.1) is 5.41 Å². The number of aliphatic carboxylic acids is 1. The number of rotatable bonds is 2. The van der Waals surface area contributed by atoms with E-state index in [0.29, 0.717) is 4.86 Å². The zero-order valence-electron chi connectivity index (χ0n) is 5.76. The minimum atomic E-state index is -0.866. The molecule has 3 heteroatoms. The molecular weight excluding hydrogens is 136 g/mol. The predicted molar refractivity (Wildman–Crippen MR) is 39.7 cm³/mol. The molecule has 0 atom stereocenters. The van der Waals surface area contributed by atoms with Crippen molar-refractivity contribution in [3.8, 4) is 0 Å². The minimum absolute atomic E-state index is 0.509. The summed E-state index contributed by atoms with van der Waals surface area (Å²) in [6, 6.07) is 0. The number of hydrogen-bond acceptors (Lipinski definition) is 2. The van der Waals surface area contributed by atoms with Crippen molar-refractivity contribution < 1.29 is 9.90 Å². The lowest BCUT2D eigenvalue weighted by Crippen LogP contribution is -2.29. The maximum atomic E-state index is 10.4. The van der Waals surface area contributed by atoms with Gasteiger partial charge in [0.1, 0.15) is 0 Å². The molecule has 0 saturated carbocycles. The lowest BCUT2D eigenvalue weighted by Gasteiger charge is -2.16. The lowest BCUT2D eigenvalue weighted by molar-refractivity contribution is -0.143. The second-order valence-corrected chi connectivity index (χ2v) is 3.10. The first-order valence-corrected chi connectivity index (χ1v) is 3.04. The Labute approximate surface area is 59.9 Å². The van der Waals surface area contributed by atoms with Crippen molar-refractivity contribution in [3.05, 3.63) is 0 Å². The van der Waals surface area contributed by atoms with Crippen molar-refractivity contribution in [1.82, 2.24) is 0 Å². The summed E-state index contributed by atoms with van der Waals surface area (Å²) < 4.78 is 0. The highest BCUT2D eigenvalue weighted by Gasteiger charge is 2.28. The minimum Gasteiger partial charge on any atom is -0.481 e. The topological polar surface area (TPSA) is 37.3 Å². The summed E-state index contributed by atoms with van der Waals surface area (Å²) in [5, 5.41) is 8.52. The molecule has 0 radical (unpaired) electrons. The van der Waals surface area contributed by atoms with E-state index in [9.17, 15) is 4.79 Å². The first-order valence-electron chi connectivity index (χ1n) is 2.63. The maximum absolute atomic E-state index is 10.4. The first kappa shape index (κ1) is 8.56. The van der Waals surface area contributed by atoms with Crippen molar-refractivity contribution in [2.24, 2.45) is 5.41 Å². The molecule has 1 N–H and O–H groups in total. The highest BCUT2D eigenvalue weighted by Crippen LogP contribution is 2.17. The van der Waals surface area contributed by atoms with Crippen LogP contribution in [0.1, 0.15) is 20.8 Å². The van der Waals surface area contributed by atoms with Gasteiger partial charge < -0.3 is 5.11 Å². The Balaban J connectivity index is 4.38. The van der Waals surface area contributed by atoms with Crippen LogP contribution in [0.2, 0.25) is 0 Å². The van der Waals surface area contributed by atoms with Crippen molar-refractivity contribution in [3.63, 3.8) is 0 Å². The molecule has 0 aliphatic carbocycles. The van der Waals surface area contributed by atoms with Gasteiger partial charge in [-0.3, -0.25) is 4.79 Å². The summed E-state index contributed by atoms with van der Waals surface area (Å²) in [5.74, 6) is -0.866. The maximum Gasteiger partial charge on any atom is 0.314 e. The molecule has 0 fully saturated rings. The molecule has 0 aromatic rings. The highest BCUT2D eigenvalue weighted by molar-refractivity contribution is 7.80. The zero-order chi connectivity index (χ0) is 7.65. The Bertz CT molecular complexity index is 133.